The summed E-state index contributed by atoms with van der Waals surface area (Å²) in [7, 11) is 2.93. The maximum absolute atomic E-state index is 14.8. The molecule has 3 aromatic rings. The third-order valence-corrected chi connectivity index (χ3v) is 6.01. The molecule has 8 nitrogen and oxygen atoms in total. The number of anilines is 1. The molecule has 0 aliphatic heterocycles. The van der Waals surface area contributed by atoms with Gasteiger partial charge in [-0.05, 0) is 37.1 Å². The van der Waals surface area contributed by atoms with Crippen LogP contribution in [0.25, 0.3) is 10.9 Å². The van der Waals surface area contributed by atoms with Crippen molar-refractivity contribution in [1.29, 1.82) is 0 Å². The molecule has 2 unspecified atom stereocenters. The van der Waals surface area contributed by atoms with Gasteiger partial charge in [-0.1, -0.05) is 0 Å². The molecule has 3 amide bonds. The Morgan fingerprint density at radius 1 is 1.11 bits per heavy atom. The van der Waals surface area contributed by atoms with Crippen molar-refractivity contribution in [3.05, 3.63) is 54.0 Å². The number of fused-ring (bicyclic) bond motifs is 1. The summed E-state index contributed by atoms with van der Waals surface area (Å²) in [6.07, 6.45) is 2.64. The molecule has 2 fully saturated rings. The number of nitrogens with zero attached hydrogens (tertiary/aromatic N) is 2. The molecule has 2 aliphatic carbocycles. The molecule has 0 spiro atoms. The van der Waals surface area contributed by atoms with E-state index in [-0.39, 0.29) is 35.5 Å². The predicted octanol–water partition coefficient (Wildman–Crippen LogP) is 4.32. The van der Waals surface area contributed by atoms with E-state index in [0.29, 0.717) is 22.4 Å². The Bertz CT molecular complexity index is 1310. The van der Waals surface area contributed by atoms with Crippen LogP contribution in [-0.4, -0.2) is 49.3 Å². The van der Waals surface area contributed by atoms with Gasteiger partial charge < -0.3 is 20.1 Å². The Balaban J connectivity index is 1.41. The van der Waals surface area contributed by atoms with E-state index >= 15 is 0 Å². The van der Waals surface area contributed by atoms with Crippen LogP contribution in [0.3, 0.4) is 0 Å². The van der Waals surface area contributed by atoms with E-state index in [1.165, 1.54) is 37.4 Å². The molecular formula is C25H24F2N4O4. The predicted molar refractivity (Wildman–Crippen MR) is 125 cm³/mol. The molecule has 35 heavy (non-hydrogen) atoms. The van der Waals surface area contributed by atoms with Gasteiger partial charge in [-0.15, -0.1) is 0 Å². The fraction of sp³-hybridized carbons (Fsp3) is 0.320. The second-order valence-electron chi connectivity index (χ2n) is 8.71. The van der Waals surface area contributed by atoms with E-state index in [2.05, 4.69) is 15.6 Å². The number of nitrogens with one attached hydrogen (secondary N) is 2. The van der Waals surface area contributed by atoms with Crippen molar-refractivity contribution < 1.29 is 27.8 Å². The number of ether oxygens (including phenoxy) is 2. The summed E-state index contributed by atoms with van der Waals surface area (Å²) < 4.78 is 39.4. The standard InChI is InChI=1S/C25H24F2N4O4/c1-31(25(33)29-13-3-4-13)21-6-5-14(9-18(21)27)35-22-7-8-28-19-12-23(34-2)16(10-15(19)22)24(32)30-20-11-17(20)26/h5-10,12-13,17,20H,3-4,11H2,1-2H3,(H,29,33)(H,30,32). The van der Waals surface area contributed by atoms with Crippen LogP contribution in [0.5, 0.6) is 17.2 Å². The average Bonchev–Trinajstić information content (AvgIpc) is 3.77. The second kappa shape index (κ2) is 9.01. The van der Waals surface area contributed by atoms with Crippen LogP contribution in [-0.2, 0) is 0 Å². The molecule has 182 valence electrons. The number of hydrogen-bond donors (Lipinski definition) is 2. The van der Waals surface area contributed by atoms with Crippen LogP contribution in [0, 0.1) is 5.82 Å². The van der Waals surface area contributed by atoms with E-state index in [1.807, 2.05) is 0 Å². The fourth-order valence-electron chi connectivity index (χ4n) is 3.70. The molecular weight excluding hydrogens is 458 g/mol. The topological polar surface area (TPSA) is 92.8 Å². The van der Waals surface area contributed by atoms with Gasteiger partial charge in [-0.25, -0.2) is 13.6 Å². The van der Waals surface area contributed by atoms with E-state index < -0.39 is 23.9 Å². The molecule has 0 radical (unpaired) electrons. The van der Waals surface area contributed by atoms with Crippen molar-refractivity contribution in [2.75, 3.05) is 19.1 Å². The van der Waals surface area contributed by atoms with Gasteiger partial charge in [0, 0.05) is 43.2 Å². The third-order valence-electron chi connectivity index (χ3n) is 6.01. The van der Waals surface area contributed by atoms with Gasteiger partial charge in [-0.3, -0.25) is 14.7 Å². The Hall–Kier alpha value is -3.95. The first-order valence-corrected chi connectivity index (χ1v) is 11.3. The number of pyridine rings is 1. The lowest BCUT2D eigenvalue weighted by molar-refractivity contribution is 0.0944. The second-order valence-corrected chi connectivity index (χ2v) is 8.71. The van der Waals surface area contributed by atoms with Crippen LogP contribution in [0.2, 0.25) is 0 Å². The fourth-order valence-corrected chi connectivity index (χ4v) is 3.70. The Morgan fingerprint density at radius 2 is 1.89 bits per heavy atom. The molecule has 5 rings (SSSR count). The normalized spacial score (nSPS) is 18.6. The van der Waals surface area contributed by atoms with E-state index in [4.69, 9.17) is 9.47 Å². The van der Waals surface area contributed by atoms with Gasteiger partial charge in [0.25, 0.3) is 5.91 Å². The molecule has 10 heteroatoms. The van der Waals surface area contributed by atoms with Gasteiger partial charge in [0.05, 0.1) is 29.9 Å². The first-order chi connectivity index (χ1) is 16.8. The molecule has 1 heterocycles. The molecule has 0 bridgehead atoms. The Labute approximate surface area is 200 Å². The lowest BCUT2D eigenvalue weighted by Gasteiger charge is -2.19. The van der Waals surface area contributed by atoms with E-state index in [0.717, 1.165) is 12.8 Å². The number of rotatable bonds is 7. The number of hydrogen-bond acceptors (Lipinski definition) is 5. The lowest BCUT2D eigenvalue weighted by Crippen LogP contribution is -2.38. The first kappa shape index (κ1) is 22.8. The van der Waals surface area contributed by atoms with Crippen molar-refractivity contribution in [1.82, 2.24) is 15.6 Å². The minimum Gasteiger partial charge on any atom is -0.496 e. The highest BCUT2D eigenvalue weighted by Gasteiger charge is 2.39. The molecule has 2 saturated carbocycles. The van der Waals surface area contributed by atoms with E-state index in [1.54, 1.807) is 24.3 Å². The third kappa shape index (κ3) is 4.82. The van der Waals surface area contributed by atoms with Gasteiger partial charge >= 0.3 is 6.03 Å². The molecule has 2 aliphatic rings. The van der Waals surface area contributed by atoms with Crippen molar-refractivity contribution in [3.8, 4) is 17.2 Å². The summed E-state index contributed by atoms with van der Waals surface area (Å²) in [6, 6.07) is 8.23. The lowest BCUT2D eigenvalue weighted by atomic mass is 10.1. The average molecular weight is 482 g/mol. The number of halogens is 2. The largest absolute Gasteiger partial charge is 0.496 e. The van der Waals surface area contributed by atoms with Crippen LogP contribution in [0.15, 0.2) is 42.6 Å². The maximum atomic E-state index is 14.8. The zero-order valence-corrected chi connectivity index (χ0v) is 19.2. The minimum atomic E-state index is -1.04. The summed E-state index contributed by atoms with van der Waals surface area (Å²) in [5.41, 5.74) is 0.825. The summed E-state index contributed by atoms with van der Waals surface area (Å²) in [4.78, 5) is 30.5. The SMILES string of the molecule is COc1cc2nccc(Oc3ccc(N(C)C(=O)NC4CC4)c(F)c3)c2cc1C(=O)NC1CC1F. The molecule has 2 aromatic carbocycles. The maximum Gasteiger partial charge on any atom is 0.321 e. The Kier molecular flexibility index (Phi) is 5.88. The number of methoxy groups -OCH3 is 1. The highest BCUT2D eigenvalue weighted by molar-refractivity contribution is 6.02. The van der Waals surface area contributed by atoms with Crippen LogP contribution in [0.4, 0.5) is 19.3 Å². The monoisotopic (exact) mass is 482 g/mol. The quantitative estimate of drug-likeness (QED) is 0.523. The van der Waals surface area contributed by atoms with Gasteiger partial charge in [0.2, 0.25) is 0 Å². The summed E-state index contributed by atoms with van der Waals surface area (Å²) in [5, 5.41) is 5.95. The van der Waals surface area contributed by atoms with Crippen LogP contribution < -0.4 is 25.0 Å². The number of benzene rings is 2. The molecule has 0 saturated heterocycles. The number of alkyl halides is 1. The van der Waals surface area contributed by atoms with Crippen molar-refractivity contribution in [3.63, 3.8) is 0 Å². The van der Waals surface area contributed by atoms with Crippen molar-refractivity contribution in [2.24, 2.45) is 0 Å². The highest BCUT2D eigenvalue weighted by Crippen LogP contribution is 2.35. The summed E-state index contributed by atoms with van der Waals surface area (Å²) >= 11 is 0. The first-order valence-electron chi connectivity index (χ1n) is 11.3. The number of carbonyl (C=O) groups excluding carboxylic acids is 2. The zero-order chi connectivity index (χ0) is 24.7. The van der Waals surface area contributed by atoms with Gasteiger partial charge in [-0.2, -0.15) is 0 Å². The number of urea groups is 1. The Morgan fingerprint density at radius 3 is 2.54 bits per heavy atom. The number of carbonyl (C=O) groups is 2. The van der Waals surface area contributed by atoms with Crippen molar-refractivity contribution >= 4 is 28.5 Å². The number of amides is 3. The van der Waals surface area contributed by atoms with E-state index in [9.17, 15) is 18.4 Å². The summed E-state index contributed by atoms with van der Waals surface area (Å²) in [5.74, 6) is -0.255. The smallest absolute Gasteiger partial charge is 0.321 e. The molecule has 2 N–H and O–H groups in total. The molecule has 2 atom stereocenters. The van der Waals surface area contributed by atoms with Crippen LogP contribution >= 0.6 is 0 Å². The highest BCUT2D eigenvalue weighted by atomic mass is 19.1. The van der Waals surface area contributed by atoms with Crippen molar-refractivity contribution in [2.45, 2.75) is 37.5 Å². The van der Waals surface area contributed by atoms with Gasteiger partial charge in [0.1, 0.15) is 23.4 Å². The minimum absolute atomic E-state index is 0.116. The van der Waals surface area contributed by atoms with Crippen LogP contribution in [0.1, 0.15) is 29.6 Å². The number of aromatic nitrogens is 1. The zero-order valence-electron chi connectivity index (χ0n) is 19.2. The summed E-state index contributed by atoms with van der Waals surface area (Å²) in [6.45, 7) is 0. The molecule has 1 aromatic heterocycles. The van der Waals surface area contributed by atoms with Gasteiger partial charge in [0.15, 0.2) is 5.82 Å².